The third-order valence-corrected chi connectivity index (χ3v) is 2.84. The second-order valence-electron chi connectivity index (χ2n) is 3.31. The number of thioether (sulfide) groups is 1. The summed E-state index contributed by atoms with van der Waals surface area (Å²) in [5.74, 6) is 1.07. The molecule has 90 valence electrons. The van der Waals surface area contributed by atoms with Crippen LogP contribution in [0, 0.1) is 0 Å². The molecule has 3 nitrogen and oxygen atoms in total. The molecule has 0 rings (SSSR count). The molecule has 0 amide bonds. The molecule has 0 fully saturated rings. The largest absolute Gasteiger partial charge is 0.382 e. The molecule has 0 radical (unpaired) electrons. The van der Waals surface area contributed by atoms with E-state index in [1.165, 1.54) is 0 Å². The summed E-state index contributed by atoms with van der Waals surface area (Å²) < 4.78 is 5.23. The zero-order valence-corrected chi connectivity index (χ0v) is 11.5. The predicted octanol–water partition coefficient (Wildman–Crippen LogP) is 1.63. The molecule has 0 aliphatic rings. The van der Waals surface area contributed by atoms with Crippen LogP contribution in [0.5, 0.6) is 0 Å². The molecular weight excluding hydrogens is 228 g/mol. The number of hydrogen-bond acceptors (Lipinski definition) is 3. The Labute approximate surface area is 103 Å². The summed E-state index contributed by atoms with van der Waals surface area (Å²) in [7, 11) is 0. The molecule has 0 spiro atoms. The Morgan fingerprint density at radius 3 is 2.87 bits per heavy atom. The number of thiocarbonyl (C=S) groups is 1. The van der Waals surface area contributed by atoms with Crippen molar-refractivity contribution in [3.63, 3.8) is 0 Å². The minimum atomic E-state index is 0.423. The van der Waals surface area contributed by atoms with Gasteiger partial charge in [0, 0.05) is 31.6 Å². The van der Waals surface area contributed by atoms with Crippen LogP contribution >= 0.6 is 24.0 Å². The Morgan fingerprint density at radius 2 is 2.27 bits per heavy atom. The van der Waals surface area contributed by atoms with Crippen molar-refractivity contribution < 1.29 is 4.74 Å². The first-order valence-electron chi connectivity index (χ1n) is 5.31. The third kappa shape index (κ3) is 10.3. The highest BCUT2D eigenvalue weighted by Crippen LogP contribution is 1.95. The summed E-state index contributed by atoms with van der Waals surface area (Å²) in [4.78, 5) is 0. The van der Waals surface area contributed by atoms with Crippen molar-refractivity contribution in [2.75, 3.05) is 31.8 Å². The van der Waals surface area contributed by atoms with Crippen LogP contribution in [0.1, 0.15) is 20.3 Å². The van der Waals surface area contributed by atoms with Crippen LogP contribution in [0.25, 0.3) is 0 Å². The Hall–Kier alpha value is 0. The summed E-state index contributed by atoms with van der Waals surface area (Å²) >= 11 is 6.97. The Kier molecular flexibility index (Phi) is 10.5. The van der Waals surface area contributed by atoms with E-state index >= 15 is 0 Å². The van der Waals surface area contributed by atoms with Crippen molar-refractivity contribution in [1.82, 2.24) is 10.6 Å². The van der Waals surface area contributed by atoms with E-state index in [0.29, 0.717) is 6.04 Å². The molecule has 0 saturated heterocycles. The van der Waals surface area contributed by atoms with Gasteiger partial charge in [0.25, 0.3) is 0 Å². The van der Waals surface area contributed by atoms with Gasteiger partial charge in [-0.3, -0.25) is 0 Å². The summed E-state index contributed by atoms with van der Waals surface area (Å²) in [5, 5.41) is 7.14. The maximum Gasteiger partial charge on any atom is 0.166 e. The molecule has 2 N–H and O–H groups in total. The van der Waals surface area contributed by atoms with E-state index in [-0.39, 0.29) is 0 Å². The standard InChI is InChI=1S/C10H22N2OS2/c1-4-13-7-5-6-11-10(14)12-9(2)8-15-3/h9H,4-8H2,1-3H3,(H2,11,12,14). The van der Waals surface area contributed by atoms with Crippen molar-refractivity contribution in [2.45, 2.75) is 26.3 Å². The number of ether oxygens (including phenoxy) is 1. The number of nitrogens with one attached hydrogen (secondary N) is 2. The summed E-state index contributed by atoms with van der Waals surface area (Å²) in [6.07, 6.45) is 3.09. The second kappa shape index (κ2) is 10.5. The van der Waals surface area contributed by atoms with Crippen molar-refractivity contribution in [3.05, 3.63) is 0 Å². The van der Waals surface area contributed by atoms with Crippen LogP contribution in [0.2, 0.25) is 0 Å². The zero-order valence-electron chi connectivity index (χ0n) is 9.84. The van der Waals surface area contributed by atoms with Crippen molar-refractivity contribution in [1.29, 1.82) is 0 Å². The first-order chi connectivity index (χ1) is 7.20. The van der Waals surface area contributed by atoms with Crippen LogP contribution in [0.15, 0.2) is 0 Å². The molecule has 0 aromatic heterocycles. The van der Waals surface area contributed by atoms with E-state index in [1.54, 1.807) is 0 Å². The molecule has 0 aliphatic heterocycles. The van der Waals surface area contributed by atoms with Gasteiger partial charge in [0.1, 0.15) is 0 Å². The SMILES string of the molecule is CCOCCCNC(=S)NC(C)CSC. The lowest BCUT2D eigenvalue weighted by Gasteiger charge is -2.15. The van der Waals surface area contributed by atoms with E-state index in [1.807, 2.05) is 18.7 Å². The molecule has 0 heterocycles. The second-order valence-corrected chi connectivity index (χ2v) is 4.63. The lowest BCUT2D eigenvalue weighted by atomic mass is 10.4. The highest BCUT2D eigenvalue weighted by molar-refractivity contribution is 7.98. The van der Waals surface area contributed by atoms with Crippen LogP contribution in [-0.4, -0.2) is 42.9 Å². The first kappa shape index (κ1) is 15.0. The molecule has 15 heavy (non-hydrogen) atoms. The lowest BCUT2D eigenvalue weighted by Crippen LogP contribution is -2.42. The lowest BCUT2D eigenvalue weighted by molar-refractivity contribution is 0.145. The first-order valence-corrected chi connectivity index (χ1v) is 7.12. The number of rotatable bonds is 8. The molecule has 5 heteroatoms. The molecule has 1 unspecified atom stereocenters. The van der Waals surface area contributed by atoms with Crippen LogP contribution in [0.3, 0.4) is 0 Å². The van der Waals surface area contributed by atoms with Gasteiger partial charge < -0.3 is 15.4 Å². The maximum absolute atomic E-state index is 5.23. The topological polar surface area (TPSA) is 33.3 Å². The summed E-state index contributed by atoms with van der Waals surface area (Å²) in [6, 6.07) is 0.423. The van der Waals surface area contributed by atoms with Gasteiger partial charge in [0.2, 0.25) is 0 Å². The van der Waals surface area contributed by atoms with E-state index in [4.69, 9.17) is 17.0 Å². The average Bonchev–Trinajstić information content (AvgIpc) is 2.17. The fourth-order valence-corrected chi connectivity index (χ4v) is 1.97. The van der Waals surface area contributed by atoms with E-state index < -0.39 is 0 Å². The monoisotopic (exact) mass is 250 g/mol. The summed E-state index contributed by atoms with van der Waals surface area (Å²) in [5.41, 5.74) is 0. The van der Waals surface area contributed by atoms with Gasteiger partial charge >= 0.3 is 0 Å². The van der Waals surface area contributed by atoms with Crippen molar-refractivity contribution in [3.8, 4) is 0 Å². The minimum Gasteiger partial charge on any atom is -0.382 e. The summed E-state index contributed by atoms with van der Waals surface area (Å²) in [6.45, 7) is 6.59. The number of hydrogen-bond donors (Lipinski definition) is 2. The van der Waals surface area contributed by atoms with Crippen LogP contribution in [-0.2, 0) is 4.74 Å². The molecule has 0 aromatic rings. The molecule has 0 saturated carbocycles. The van der Waals surface area contributed by atoms with Crippen LogP contribution in [0.4, 0.5) is 0 Å². The molecule has 0 aromatic carbocycles. The van der Waals surface area contributed by atoms with Gasteiger partial charge in [0.05, 0.1) is 0 Å². The average molecular weight is 250 g/mol. The fourth-order valence-electron chi connectivity index (χ4n) is 1.09. The van der Waals surface area contributed by atoms with E-state index in [9.17, 15) is 0 Å². The normalized spacial score (nSPS) is 12.2. The maximum atomic E-state index is 5.23. The van der Waals surface area contributed by atoms with Gasteiger partial charge in [-0.1, -0.05) is 0 Å². The quantitative estimate of drug-likeness (QED) is 0.505. The van der Waals surface area contributed by atoms with Crippen molar-refractivity contribution in [2.24, 2.45) is 0 Å². The minimum absolute atomic E-state index is 0.423. The Balaban J connectivity index is 3.32. The van der Waals surface area contributed by atoms with Gasteiger partial charge in [-0.25, -0.2) is 0 Å². The van der Waals surface area contributed by atoms with Gasteiger partial charge in [-0.2, -0.15) is 11.8 Å². The molecule has 0 aliphatic carbocycles. The fraction of sp³-hybridized carbons (Fsp3) is 0.900. The highest BCUT2D eigenvalue weighted by Gasteiger charge is 2.01. The third-order valence-electron chi connectivity index (χ3n) is 1.75. The zero-order chi connectivity index (χ0) is 11.5. The molecular formula is C10H22N2OS2. The van der Waals surface area contributed by atoms with E-state index in [0.717, 1.165) is 37.0 Å². The van der Waals surface area contributed by atoms with Gasteiger partial charge in [-0.15, -0.1) is 0 Å². The van der Waals surface area contributed by atoms with Gasteiger partial charge in [0.15, 0.2) is 5.11 Å². The van der Waals surface area contributed by atoms with E-state index in [2.05, 4.69) is 23.8 Å². The Bertz CT molecular complexity index is 168. The smallest absolute Gasteiger partial charge is 0.166 e. The van der Waals surface area contributed by atoms with Crippen molar-refractivity contribution >= 4 is 29.1 Å². The molecule has 1 atom stereocenters. The highest BCUT2D eigenvalue weighted by atomic mass is 32.2. The molecule has 0 bridgehead atoms. The van der Waals surface area contributed by atoms with Crippen LogP contribution < -0.4 is 10.6 Å². The Morgan fingerprint density at radius 1 is 1.53 bits per heavy atom. The van der Waals surface area contributed by atoms with Gasteiger partial charge in [-0.05, 0) is 38.7 Å². The predicted molar refractivity (Wildman–Crippen MR) is 72.7 cm³/mol.